The highest BCUT2D eigenvalue weighted by Gasteiger charge is 2.58. The van der Waals surface area contributed by atoms with Gasteiger partial charge in [-0.15, -0.1) is 0 Å². The summed E-state index contributed by atoms with van der Waals surface area (Å²) in [5, 5.41) is 38.8. The van der Waals surface area contributed by atoms with E-state index in [2.05, 4.69) is 15.2 Å². The van der Waals surface area contributed by atoms with Gasteiger partial charge in [-0.1, -0.05) is 44.9 Å². The third-order valence-electron chi connectivity index (χ3n) is 7.23. The first-order chi connectivity index (χ1) is 20.1. The second kappa shape index (κ2) is 13.2. The fraction of sp³-hybridized carbons (Fsp3) is 0.481. The summed E-state index contributed by atoms with van der Waals surface area (Å²) in [6.45, 7) is 5.09. The molecule has 0 saturated carbocycles. The Morgan fingerprint density at radius 1 is 1.29 bits per heavy atom. The number of aromatic nitrogens is 3. The molecule has 1 aliphatic heterocycles. The summed E-state index contributed by atoms with van der Waals surface area (Å²) in [6.07, 6.45) is -1.71. The summed E-state index contributed by atoms with van der Waals surface area (Å²) in [6, 6.07) is 12.1. The molecule has 14 nitrogen and oxygen atoms in total. The highest BCUT2D eigenvalue weighted by atomic mass is 31.2. The van der Waals surface area contributed by atoms with Crippen LogP contribution in [-0.2, 0) is 29.0 Å². The minimum Gasteiger partial charge on any atom is -0.464 e. The van der Waals surface area contributed by atoms with E-state index >= 15 is 0 Å². The zero-order valence-electron chi connectivity index (χ0n) is 23.5. The van der Waals surface area contributed by atoms with Crippen molar-refractivity contribution in [3.63, 3.8) is 0 Å². The van der Waals surface area contributed by atoms with Crippen LogP contribution < -0.4 is 20.3 Å². The van der Waals surface area contributed by atoms with Gasteiger partial charge < -0.3 is 29.9 Å². The van der Waals surface area contributed by atoms with Gasteiger partial charge in [-0.2, -0.15) is 14.9 Å². The topological polar surface area (TPSA) is 205 Å². The number of H-pyrrole nitrogens is 1. The number of benzene rings is 1. The zero-order chi connectivity index (χ0) is 30.5. The van der Waals surface area contributed by atoms with Crippen molar-refractivity contribution in [2.75, 3.05) is 18.9 Å². The molecule has 1 saturated heterocycles. The number of aromatic amines is 1. The number of carbonyl (C=O) groups excluding carboxylic acids is 1. The fourth-order valence-corrected chi connectivity index (χ4v) is 6.11. The molecular weight excluding hydrogens is 567 g/mol. The minimum atomic E-state index is -4.31. The molecule has 0 bridgehead atoms. The number of nitrogens with one attached hydrogen (secondary N) is 2. The Hall–Kier alpha value is -3.57. The summed E-state index contributed by atoms with van der Waals surface area (Å²) in [5.41, 5.74) is 4.42. The number of fused-ring (bicyclic) bond motifs is 1. The molecule has 1 aromatic carbocycles. The van der Waals surface area contributed by atoms with Crippen molar-refractivity contribution in [2.45, 2.75) is 63.6 Å². The van der Waals surface area contributed by atoms with Crippen LogP contribution in [-0.4, -0.2) is 63.4 Å². The highest BCUT2D eigenvalue weighted by Crippen LogP contribution is 2.47. The number of nitrogens with two attached hydrogens (primary N) is 1. The molecule has 0 amide bonds. The van der Waals surface area contributed by atoms with Gasteiger partial charge in [0, 0.05) is 0 Å². The Morgan fingerprint density at radius 2 is 2.00 bits per heavy atom. The average Bonchev–Trinajstić information content (AvgIpc) is 3.53. The lowest BCUT2D eigenvalue weighted by Gasteiger charge is -2.25. The first kappa shape index (κ1) is 31.4. The van der Waals surface area contributed by atoms with Crippen molar-refractivity contribution in [1.82, 2.24) is 14.7 Å². The van der Waals surface area contributed by atoms with Crippen LogP contribution in [0.3, 0.4) is 0 Å². The van der Waals surface area contributed by atoms with Crippen LogP contribution in [0.15, 0.2) is 48.8 Å². The Kier molecular flexibility index (Phi) is 9.83. The van der Waals surface area contributed by atoms with Gasteiger partial charge >= 0.3 is 13.7 Å². The number of nitrogen functional groups attached to an aromatic ring is 1. The standard InChI is InChI=1S/C27H35N6O8P/c1-4-18(5-2)13-38-26(36)17(3)32-42(37,41-19-9-7-6-8-10-19)39-14-21-23(34)24(35)27(15-28,40-21)22-12-11-20-25(29)30-16-31-33(20)22/h6-12,16-18,21,23-24,34-35H,4-5,13-14H2,1-3H3,(H,32,37)(H2,29,30,31)/p+1/t17-,21+,23+,24+,27-,42+/m0/s1. The third kappa shape index (κ3) is 6.42. The number of para-hydroxylation sites is 1. The number of aliphatic hydroxyl groups is 2. The summed E-state index contributed by atoms with van der Waals surface area (Å²) in [4.78, 5) is 15.4. The van der Waals surface area contributed by atoms with E-state index in [1.165, 1.54) is 23.8 Å². The maximum absolute atomic E-state index is 13.9. The number of carbonyl (C=O) groups is 1. The van der Waals surface area contributed by atoms with E-state index in [1.807, 2.05) is 19.9 Å². The molecule has 42 heavy (non-hydrogen) atoms. The normalized spacial score (nSPS) is 24.3. The number of nitriles is 1. The van der Waals surface area contributed by atoms with E-state index in [0.29, 0.717) is 5.52 Å². The van der Waals surface area contributed by atoms with Gasteiger partial charge in [0.15, 0.2) is 5.52 Å². The number of rotatable bonds is 13. The van der Waals surface area contributed by atoms with E-state index in [4.69, 9.17) is 24.3 Å². The van der Waals surface area contributed by atoms with E-state index in [1.54, 1.807) is 36.4 Å². The Labute approximate surface area is 242 Å². The van der Waals surface area contributed by atoms with Gasteiger partial charge in [0.25, 0.3) is 0 Å². The molecule has 15 heteroatoms. The maximum atomic E-state index is 13.9. The molecule has 1 aliphatic rings. The van der Waals surface area contributed by atoms with Gasteiger partial charge in [-0.25, -0.2) is 9.55 Å². The van der Waals surface area contributed by atoms with Gasteiger partial charge in [0.05, 0.1) is 13.2 Å². The number of nitrogens with zero attached hydrogens (tertiary/aromatic N) is 3. The Bertz CT molecular complexity index is 1460. The van der Waals surface area contributed by atoms with Crippen molar-refractivity contribution in [2.24, 2.45) is 5.92 Å². The highest BCUT2D eigenvalue weighted by molar-refractivity contribution is 7.52. The first-order valence-electron chi connectivity index (χ1n) is 13.6. The van der Waals surface area contributed by atoms with Gasteiger partial charge in [0.2, 0.25) is 17.7 Å². The lowest BCUT2D eigenvalue weighted by atomic mass is 9.92. The molecule has 0 aliphatic carbocycles. The van der Waals surface area contributed by atoms with E-state index < -0.39 is 50.3 Å². The molecule has 0 radical (unpaired) electrons. The van der Waals surface area contributed by atoms with Crippen LogP contribution in [0.1, 0.15) is 39.3 Å². The molecule has 6 N–H and O–H groups in total. The van der Waals surface area contributed by atoms with Crippen LogP contribution in [0, 0.1) is 17.2 Å². The Morgan fingerprint density at radius 3 is 2.67 bits per heavy atom. The number of aliphatic hydroxyl groups excluding tert-OH is 2. The lowest BCUT2D eigenvalue weighted by molar-refractivity contribution is -0.365. The molecule has 0 unspecified atom stereocenters. The van der Waals surface area contributed by atoms with E-state index in [0.717, 1.165) is 12.8 Å². The summed E-state index contributed by atoms with van der Waals surface area (Å²) >= 11 is 0. The van der Waals surface area contributed by atoms with E-state index in [-0.39, 0.29) is 29.8 Å². The van der Waals surface area contributed by atoms with Crippen molar-refractivity contribution < 1.29 is 43.1 Å². The van der Waals surface area contributed by atoms with Crippen LogP contribution in [0.4, 0.5) is 5.82 Å². The van der Waals surface area contributed by atoms with Crippen LogP contribution in [0.5, 0.6) is 5.75 Å². The van der Waals surface area contributed by atoms with Crippen LogP contribution >= 0.6 is 7.75 Å². The van der Waals surface area contributed by atoms with Crippen molar-refractivity contribution in [1.29, 1.82) is 5.26 Å². The number of ether oxygens (including phenoxy) is 2. The maximum Gasteiger partial charge on any atom is 0.459 e. The SMILES string of the molecule is CCC(CC)COC(=O)[C@H](C)N[P@@](=O)(OC[C@H]1O[C@@](C#N)(c2ccc3c(N)[nH+]cnn23)[C@H](O)[C@@H]1O)Oc1ccccc1. The first-order valence-corrected chi connectivity index (χ1v) is 15.1. The summed E-state index contributed by atoms with van der Waals surface area (Å²) < 4.78 is 37.8. The largest absolute Gasteiger partial charge is 0.464 e. The zero-order valence-corrected chi connectivity index (χ0v) is 24.4. The number of hydrogen-bond donors (Lipinski definition) is 4. The molecule has 2 aromatic heterocycles. The number of anilines is 1. The van der Waals surface area contributed by atoms with Crippen molar-refractivity contribution in [3.05, 3.63) is 54.5 Å². The third-order valence-corrected chi connectivity index (χ3v) is 8.87. The van der Waals surface area contributed by atoms with Crippen LogP contribution in [0.25, 0.3) is 5.52 Å². The fourth-order valence-electron chi connectivity index (χ4n) is 4.61. The molecule has 1 fully saturated rings. The van der Waals surface area contributed by atoms with Gasteiger partial charge in [0.1, 0.15) is 41.9 Å². The molecule has 3 heterocycles. The Balaban J connectivity index is 1.53. The molecular formula is C27H36N6O8P+. The number of hydrogen-bond acceptors (Lipinski definition) is 11. The van der Waals surface area contributed by atoms with Crippen molar-refractivity contribution in [3.8, 4) is 11.8 Å². The molecule has 3 aromatic rings. The predicted octanol–water partition coefficient (Wildman–Crippen LogP) is 1.73. The second-order valence-electron chi connectivity index (χ2n) is 10.0. The molecule has 0 spiro atoms. The van der Waals surface area contributed by atoms with Crippen molar-refractivity contribution >= 4 is 25.1 Å². The smallest absolute Gasteiger partial charge is 0.459 e. The summed E-state index contributed by atoms with van der Waals surface area (Å²) in [7, 11) is -4.31. The summed E-state index contributed by atoms with van der Waals surface area (Å²) in [5.74, 6) is -0.0112. The second-order valence-corrected chi connectivity index (χ2v) is 11.7. The van der Waals surface area contributed by atoms with Gasteiger partial charge in [-0.3, -0.25) is 9.32 Å². The number of esters is 1. The molecule has 6 atom stereocenters. The van der Waals surface area contributed by atoms with Crippen LogP contribution in [0.2, 0.25) is 0 Å². The van der Waals surface area contributed by atoms with E-state index in [9.17, 15) is 24.8 Å². The monoisotopic (exact) mass is 603 g/mol. The molecule has 226 valence electrons. The average molecular weight is 604 g/mol. The minimum absolute atomic E-state index is 0.116. The van der Waals surface area contributed by atoms with Gasteiger partial charge in [-0.05, 0) is 42.2 Å². The predicted molar refractivity (Wildman–Crippen MR) is 149 cm³/mol. The quantitative estimate of drug-likeness (QED) is 0.163. The lowest BCUT2D eigenvalue weighted by Crippen LogP contribution is -2.41. The molecule has 4 rings (SSSR count).